The molecule has 1 unspecified atom stereocenters. The van der Waals surface area contributed by atoms with Gasteiger partial charge < -0.3 is 19.8 Å². The smallest absolute Gasteiger partial charge is 0.466 e. The number of benzene rings is 2. The Labute approximate surface area is 117 Å². The molecule has 0 aliphatic carbocycles. The van der Waals surface area contributed by atoms with E-state index in [0.717, 1.165) is 5.56 Å². The maximum absolute atomic E-state index is 9.74. The van der Waals surface area contributed by atoms with Crippen molar-refractivity contribution >= 4 is 7.82 Å². The number of hydrogen-bond acceptors (Lipinski definition) is 2. The van der Waals surface area contributed by atoms with Crippen molar-refractivity contribution in [1.29, 1.82) is 0 Å². The van der Waals surface area contributed by atoms with Crippen molar-refractivity contribution in [1.82, 2.24) is 0 Å². The van der Waals surface area contributed by atoms with Gasteiger partial charge in [0.15, 0.2) is 0 Å². The van der Waals surface area contributed by atoms with Crippen LogP contribution in [-0.2, 0) is 4.57 Å². The second kappa shape index (κ2) is 7.22. The van der Waals surface area contributed by atoms with Gasteiger partial charge >= 0.3 is 7.82 Å². The zero-order valence-electron chi connectivity index (χ0n) is 10.9. The van der Waals surface area contributed by atoms with E-state index in [1.165, 1.54) is 5.56 Å². The summed E-state index contributed by atoms with van der Waals surface area (Å²) in [5.74, 6) is 0.598. The highest BCUT2D eigenvalue weighted by Crippen LogP contribution is 2.30. The Bertz CT molecular complexity index is 571. The maximum Gasteiger partial charge on any atom is 0.466 e. The molecule has 20 heavy (non-hydrogen) atoms. The lowest BCUT2D eigenvalue weighted by molar-refractivity contribution is 0.275. The van der Waals surface area contributed by atoms with Crippen molar-refractivity contribution in [3.63, 3.8) is 0 Å². The third-order valence-electron chi connectivity index (χ3n) is 2.70. The van der Waals surface area contributed by atoms with Crippen LogP contribution in [-0.4, -0.2) is 19.8 Å². The predicted octanol–water partition coefficient (Wildman–Crippen LogP) is 2.62. The van der Waals surface area contributed by atoms with E-state index in [0.29, 0.717) is 5.75 Å². The number of phenols is 1. The van der Waals surface area contributed by atoms with E-state index in [1.54, 1.807) is 6.07 Å². The van der Waals surface area contributed by atoms with Crippen LogP contribution in [0, 0.1) is 0 Å². The molecule has 0 aliphatic heterocycles. The Morgan fingerprint density at radius 1 is 0.900 bits per heavy atom. The first kappa shape index (κ1) is 16.4. The Hall–Kier alpha value is -1.65. The Morgan fingerprint density at radius 2 is 1.35 bits per heavy atom. The molecule has 5 nitrogen and oxygen atoms in total. The summed E-state index contributed by atoms with van der Waals surface area (Å²) >= 11 is 0. The molecule has 0 heterocycles. The summed E-state index contributed by atoms with van der Waals surface area (Å²) in [6.45, 7) is 2.10. The van der Waals surface area contributed by atoms with Gasteiger partial charge in [-0.15, -0.1) is 0 Å². The van der Waals surface area contributed by atoms with Gasteiger partial charge in [0.1, 0.15) is 5.75 Å². The molecule has 4 N–H and O–H groups in total. The van der Waals surface area contributed by atoms with Crippen LogP contribution in [0.4, 0.5) is 0 Å². The van der Waals surface area contributed by atoms with E-state index >= 15 is 0 Å². The Kier molecular flexibility index (Phi) is 5.92. The summed E-state index contributed by atoms with van der Waals surface area (Å²) < 4.78 is 8.88. The standard InChI is InChI=1S/C14H14O.H3O4P/c1-11(12-7-3-2-4-8-12)13-9-5-6-10-14(13)15;1-5(2,3)4/h2-11,15H,1H3;(H3,1,2,3,4). The van der Waals surface area contributed by atoms with Crippen LogP contribution in [0.25, 0.3) is 0 Å². The summed E-state index contributed by atoms with van der Waals surface area (Å²) in [5.41, 5.74) is 2.20. The Balaban J connectivity index is 0.000000347. The van der Waals surface area contributed by atoms with Gasteiger partial charge in [-0.3, -0.25) is 0 Å². The molecule has 0 aliphatic rings. The van der Waals surface area contributed by atoms with Crippen LogP contribution in [0.15, 0.2) is 54.6 Å². The molecule has 1 atom stereocenters. The topological polar surface area (TPSA) is 98.0 Å². The predicted molar refractivity (Wildman–Crippen MR) is 76.3 cm³/mol. The zero-order valence-corrected chi connectivity index (χ0v) is 11.8. The fraction of sp³-hybridized carbons (Fsp3) is 0.143. The summed E-state index contributed by atoms with van der Waals surface area (Å²) in [4.78, 5) is 21.6. The van der Waals surface area contributed by atoms with Crippen molar-refractivity contribution in [3.8, 4) is 5.75 Å². The van der Waals surface area contributed by atoms with Gasteiger partial charge in [-0.1, -0.05) is 55.5 Å². The SMILES string of the molecule is CC(c1ccccc1)c1ccccc1O.O=P(O)(O)O. The first-order valence-corrected chi connectivity index (χ1v) is 7.46. The van der Waals surface area contributed by atoms with Crippen LogP contribution in [0.3, 0.4) is 0 Å². The highest BCUT2D eigenvalue weighted by molar-refractivity contribution is 7.45. The average Bonchev–Trinajstić information content (AvgIpc) is 2.38. The van der Waals surface area contributed by atoms with Crippen LogP contribution >= 0.6 is 7.82 Å². The molecule has 2 aromatic rings. The lowest BCUT2D eigenvalue weighted by Crippen LogP contribution is -1.95. The van der Waals surface area contributed by atoms with Crippen molar-refractivity contribution in [2.24, 2.45) is 0 Å². The molecular formula is C14H17O5P. The summed E-state index contributed by atoms with van der Waals surface area (Å²) in [6, 6.07) is 17.7. The third kappa shape index (κ3) is 5.99. The van der Waals surface area contributed by atoms with Crippen LogP contribution in [0.2, 0.25) is 0 Å². The van der Waals surface area contributed by atoms with Gasteiger partial charge in [0.05, 0.1) is 0 Å². The molecule has 0 saturated carbocycles. The average molecular weight is 296 g/mol. The first-order valence-electron chi connectivity index (χ1n) is 5.90. The number of hydrogen-bond donors (Lipinski definition) is 4. The van der Waals surface area contributed by atoms with Gasteiger partial charge in [-0.05, 0) is 11.6 Å². The molecule has 108 valence electrons. The van der Waals surface area contributed by atoms with E-state index in [9.17, 15) is 5.11 Å². The number of para-hydroxylation sites is 1. The van der Waals surface area contributed by atoms with E-state index in [-0.39, 0.29) is 5.92 Å². The molecule has 0 amide bonds. The van der Waals surface area contributed by atoms with Crippen LogP contribution in [0.5, 0.6) is 5.75 Å². The van der Waals surface area contributed by atoms with Gasteiger partial charge in [0.2, 0.25) is 0 Å². The second-order valence-corrected chi connectivity index (χ2v) is 5.23. The highest BCUT2D eigenvalue weighted by atomic mass is 31.2. The number of rotatable bonds is 2. The fourth-order valence-corrected chi connectivity index (χ4v) is 1.77. The van der Waals surface area contributed by atoms with Crippen molar-refractivity contribution in [2.45, 2.75) is 12.8 Å². The molecule has 0 saturated heterocycles. The normalized spacial score (nSPS) is 12.2. The third-order valence-corrected chi connectivity index (χ3v) is 2.70. The minimum absolute atomic E-state index is 0.229. The molecule has 6 heteroatoms. The minimum Gasteiger partial charge on any atom is -0.508 e. The zero-order chi connectivity index (χ0) is 15.2. The van der Waals surface area contributed by atoms with Crippen molar-refractivity contribution in [3.05, 3.63) is 65.7 Å². The monoisotopic (exact) mass is 296 g/mol. The largest absolute Gasteiger partial charge is 0.508 e. The summed E-state index contributed by atoms with van der Waals surface area (Å²) in [6.07, 6.45) is 0. The highest BCUT2D eigenvalue weighted by Gasteiger charge is 2.10. The van der Waals surface area contributed by atoms with Crippen LogP contribution < -0.4 is 0 Å². The van der Waals surface area contributed by atoms with E-state index < -0.39 is 7.82 Å². The summed E-state index contributed by atoms with van der Waals surface area (Å²) in [7, 11) is -4.64. The lowest BCUT2D eigenvalue weighted by Gasteiger charge is -2.13. The number of phenolic OH excluding ortho intramolecular Hbond substituents is 1. The molecule has 2 aromatic carbocycles. The molecule has 0 fully saturated rings. The fourth-order valence-electron chi connectivity index (χ4n) is 1.77. The quantitative estimate of drug-likeness (QED) is 0.639. The molecule has 0 aromatic heterocycles. The first-order chi connectivity index (χ1) is 9.29. The Morgan fingerprint density at radius 3 is 1.85 bits per heavy atom. The molecule has 0 bridgehead atoms. The number of aromatic hydroxyl groups is 1. The summed E-state index contributed by atoms with van der Waals surface area (Å²) in [5, 5.41) is 9.74. The van der Waals surface area contributed by atoms with Crippen molar-refractivity contribution in [2.75, 3.05) is 0 Å². The van der Waals surface area contributed by atoms with Crippen LogP contribution in [0.1, 0.15) is 24.0 Å². The minimum atomic E-state index is -4.64. The molecule has 0 spiro atoms. The molecular weight excluding hydrogens is 279 g/mol. The van der Waals surface area contributed by atoms with Gasteiger partial charge in [0, 0.05) is 11.5 Å². The van der Waals surface area contributed by atoms with Crippen molar-refractivity contribution < 1.29 is 24.4 Å². The van der Waals surface area contributed by atoms with Gasteiger partial charge in [-0.25, -0.2) is 4.57 Å². The number of phosphoric acid groups is 1. The maximum atomic E-state index is 9.74. The van der Waals surface area contributed by atoms with E-state index in [2.05, 4.69) is 19.1 Å². The molecule has 0 radical (unpaired) electrons. The van der Waals surface area contributed by atoms with E-state index in [1.807, 2.05) is 36.4 Å². The molecule has 2 rings (SSSR count). The van der Waals surface area contributed by atoms with Gasteiger partial charge in [0.25, 0.3) is 0 Å². The lowest BCUT2D eigenvalue weighted by atomic mass is 9.93. The second-order valence-electron chi connectivity index (χ2n) is 4.20. The van der Waals surface area contributed by atoms with E-state index in [4.69, 9.17) is 19.2 Å². The van der Waals surface area contributed by atoms with Gasteiger partial charge in [-0.2, -0.15) is 0 Å².